The van der Waals surface area contributed by atoms with Crippen LogP contribution >= 0.6 is 27.2 Å². The zero-order valence-corrected chi connectivity index (χ0v) is 11.0. The molecular formula is C7H17IN2O2P+. The van der Waals surface area contributed by atoms with E-state index in [1.807, 2.05) is 7.05 Å². The molecule has 0 spiro atoms. The van der Waals surface area contributed by atoms with Gasteiger partial charge in [0.1, 0.15) is 0 Å². The summed E-state index contributed by atoms with van der Waals surface area (Å²) in [4.78, 5) is 0. The van der Waals surface area contributed by atoms with E-state index < -0.39 is 5.21 Å². The molecule has 0 aliphatic carbocycles. The fraction of sp³-hybridized carbons (Fsp3) is 1.00. The largest absolute Gasteiger partial charge is 0.396 e. The van der Waals surface area contributed by atoms with Gasteiger partial charge in [0.2, 0.25) is 5.21 Å². The maximum absolute atomic E-state index is 9.21. The van der Waals surface area contributed by atoms with Crippen molar-refractivity contribution in [2.24, 2.45) is 5.41 Å². The van der Waals surface area contributed by atoms with Crippen molar-refractivity contribution in [1.29, 1.82) is 0 Å². The van der Waals surface area contributed by atoms with Crippen LogP contribution in [0.15, 0.2) is 0 Å². The van der Waals surface area contributed by atoms with Crippen molar-refractivity contribution in [2.45, 2.75) is 0 Å². The van der Waals surface area contributed by atoms with E-state index >= 15 is 0 Å². The minimum atomic E-state index is -1.20. The maximum Gasteiger partial charge on any atom is 0.208 e. The zero-order chi connectivity index (χ0) is 10.1. The number of rotatable bonds is 2. The smallest absolute Gasteiger partial charge is 0.208 e. The Hall–Kier alpha value is 1.00. The van der Waals surface area contributed by atoms with Crippen molar-refractivity contribution < 1.29 is 10.2 Å². The van der Waals surface area contributed by atoms with Gasteiger partial charge < -0.3 is 10.2 Å². The van der Waals surface area contributed by atoms with Gasteiger partial charge in [0.15, 0.2) is 22.0 Å². The zero-order valence-electron chi connectivity index (χ0n) is 8.00. The topological polar surface area (TPSA) is 55.7 Å². The van der Waals surface area contributed by atoms with Gasteiger partial charge in [-0.1, -0.05) is 0 Å². The van der Waals surface area contributed by atoms with Gasteiger partial charge in [0.25, 0.3) is 0 Å². The number of aliphatic hydroxyl groups excluding tert-OH is 2. The van der Waals surface area contributed by atoms with E-state index in [-0.39, 0.29) is 18.6 Å². The van der Waals surface area contributed by atoms with E-state index in [1.165, 1.54) is 0 Å². The molecule has 1 heterocycles. The molecule has 4 nitrogen and oxygen atoms in total. The molecule has 6 heteroatoms. The summed E-state index contributed by atoms with van der Waals surface area (Å²) < 4.78 is 2.21. The molecule has 1 rings (SSSR count). The lowest BCUT2D eigenvalue weighted by molar-refractivity contribution is 0.0403. The number of halogens is 1. The second-order valence-corrected chi connectivity index (χ2v) is 12.2. The monoisotopic (exact) mass is 319 g/mol. The van der Waals surface area contributed by atoms with Crippen LogP contribution in [-0.2, 0) is 0 Å². The van der Waals surface area contributed by atoms with Crippen molar-refractivity contribution >= 4 is 27.2 Å². The lowest BCUT2D eigenvalue weighted by atomic mass is 9.90. The Kier molecular flexibility index (Phi) is 3.94. The Balaban J connectivity index is 2.68. The van der Waals surface area contributed by atoms with Crippen LogP contribution in [0.5, 0.6) is 0 Å². The second-order valence-electron chi connectivity index (χ2n) is 3.82. The SMILES string of the molecule is CN1CC(CO)(CO)CN[P+]1(C)I. The summed E-state index contributed by atoms with van der Waals surface area (Å²) >= 11 is 2.43. The molecule has 1 fully saturated rings. The highest BCUT2D eigenvalue weighted by atomic mass is 127. The first-order chi connectivity index (χ1) is 5.96. The molecule has 1 saturated heterocycles. The van der Waals surface area contributed by atoms with E-state index in [1.54, 1.807) is 0 Å². The minimum absolute atomic E-state index is 0.0392. The lowest BCUT2D eigenvalue weighted by Gasteiger charge is -2.41. The highest BCUT2D eigenvalue weighted by molar-refractivity contribution is 14.2. The summed E-state index contributed by atoms with van der Waals surface area (Å²) in [6.07, 6.45) is 0. The van der Waals surface area contributed by atoms with Crippen LogP contribution in [0.3, 0.4) is 0 Å². The van der Waals surface area contributed by atoms with Gasteiger partial charge >= 0.3 is 0 Å². The molecule has 78 valence electrons. The summed E-state index contributed by atoms with van der Waals surface area (Å²) in [6.45, 7) is 3.74. The molecule has 0 saturated carbocycles. The predicted molar refractivity (Wildman–Crippen MR) is 64.1 cm³/mol. The molecular weight excluding hydrogens is 302 g/mol. The van der Waals surface area contributed by atoms with Gasteiger partial charge in [-0.15, -0.1) is 0 Å². The molecule has 0 radical (unpaired) electrons. The van der Waals surface area contributed by atoms with Gasteiger partial charge in [0, 0.05) is 25.6 Å². The Labute approximate surface area is 92.6 Å². The van der Waals surface area contributed by atoms with E-state index in [2.05, 4.69) is 38.5 Å². The van der Waals surface area contributed by atoms with Crippen LogP contribution < -0.4 is 5.09 Å². The number of nitrogens with one attached hydrogen (secondary N) is 1. The predicted octanol–water partition coefficient (Wildman–Crippen LogP) is 0.320. The number of nitrogens with zero attached hydrogens (tertiary/aromatic N) is 1. The molecule has 0 bridgehead atoms. The van der Waals surface area contributed by atoms with Gasteiger partial charge in [-0.3, -0.25) is 0 Å². The fourth-order valence-electron chi connectivity index (χ4n) is 1.37. The quantitative estimate of drug-likeness (QED) is 0.507. The standard InChI is InChI=1S/C7H17IN2O2P/c1-10-4-7(5-11,6-12)3-9-13(10,2)8/h9,11-12H,3-6H2,1-2H3/q+1. The van der Waals surface area contributed by atoms with E-state index in [9.17, 15) is 10.2 Å². The second kappa shape index (κ2) is 4.24. The Morgan fingerprint density at radius 2 is 2.08 bits per heavy atom. The van der Waals surface area contributed by atoms with Gasteiger partial charge in [-0.05, 0) is 0 Å². The molecule has 13 heavy (non-hydrogen) atoms. The van der Waals surface area contributed by atoms with E-state index in [0.29, 0.717) is 6.54 Å². The third kappa shape index (κ3) is 2.52. The Bertz CT molecular complexity index is 187. The first-order valence-corrected chi connectivity index (χ1v) is 9.18. The molecule has 1 aliphatic heterocycles. The molecule has 1 aliphatic rings. The Morgan fingerprint density at radius 3 is 2.46 bits per heavy atom. The lowest BCUT2D eigenvalue weighted by Crippen LogP contribution is -2.53. The third-order valence-corrected chi connectivity index (χ3v) is 8.01. The molecule has 3 N–H and O–H groups in total. The number of hydrogen-bond donors (Lipinski definition) is 3. The summed E-state index contributed by atoms with van der Waals surface area (Å²) in [6, 6.07) is 0. The van der Waals surface area contributed by atoms with Crippen molar-refractivity contribution in [3.05, 3.63) is 0 Å². The highest BCUT2D eigenvalue weighted by Crippen LogP contribution is 2.64. The average molecular weight is 319 g/mol. The molecule has 0 aromatic rings. The summed E-state index contributed by atoms with van der Waals surface area (Å²) in [5.41, 5.74) is -0.362. The van der Waals surface area contributed by atoms with Crippen molar-refractivity contribution in [2.75, 3.05) is 40.0 Å². The average Bonchev–Trinajstić information content (AvgIpc) is 2.11. The Morgan fingerprint density at radius 1 is 1.54 bits per heavy atom. The number of hydrogen-bond acceptors (Lipinski definition) is 4. The van der Waals surface area contributed by atoms with Gasteiger partial charge in [-0.25, -0.2) is 0 Å². The van der Waals surface area contributed by atoms with Crippen LogP contribution in [0, 0.1) is 5.41 Å². The molecule has 1 unspecified atom stereocenters. The molecule has 0 amide bonds. The van der Waals surface area contributed by atoms with E-state index in [4.69, 9.17) is 0 Å². The van der Waals surface area contributed by atoms with Crippen molar-refractivity contribution in [3.8, 4) is 0 Å². The van der Waals surface area contributed by atoms with Crippen LogP contribution in [0.25, 0.3) is 0 Å². The van der Waals surface area contributed by atoms with Crippen LogP contribution in [0.4, 0.5) is 0 Å². The van der Waals surface area contributed by atoms with Gasteiger partial charge in [-0.2, -0.15) is 9.76 Å². The third-order valence-electron chi connectivity index (χ3n) is 2.62. The first-order valence-electron chi connectivity index (χ1n) is 4.20. The molecule has 1 atom stereocenters. The first kappa shape index (κ1) is 12.1. The van der Waals surface area contributed by atoms with Crippen LogP contribution in [0.2, 0.25) is 0 Å². The number of aliphatic hydroxyl groups is 2. The fourth-order valence-corrected chi connectivity index (χ4v) is 3.77. The van der Waals surface area contributed by atoms with Gasteiger partial charge in [0.05, 0.1) is 19.9 Å². The summed E-state index contributed by atoms with van der Waals surface area (Å²) in [5.74, 6) is 0. The normalized spacial score (nSPS) is 34.8. The highest BCUT2D eigenvalue weighted by Gasteiger charge is 2.47. The minimum Gasteiger partial charge on any atom is -0.396 e. The van der Waals surface area contributed by atoms with E-state index in [0.717, 1.165) is 6.54 Å². The van der Waals surface area contributed by atoms with Crippen molar-refractivity contribution in [3.63, 3.8) is 0 Å². The summed E-state index contributed by atoms with van der Waals surface area (Å²) in [7, 11) is 2.03. The molecule has 0 aromatic carbocycles. The summed E-state index contributed by atoms with van der Waals surface area (Å²) in [5, 5.41) is 20.6. The molecule has 0 aromatic heterocycles. The maximum atomic E-state index is 9.21. The van der Waals surface area contributed by atoms with Crippen molar-refractivity contribution in [1.82, 2.24) is 9.76 Å². The van der Waals surface area contributed by atoms with Crippen LogP contribution in [0.1, 0.15) is 0 Å². The van der Waals surface area contributed by atoms with Crippen LogP contribution in [-0.4, -0.2) is 54.9 Å².